The standard InChI is InChI=1S/C24H22N4O3S/c1-16(29)25-17-12-13-22(31-2)20(14-17)26-23(30)15-32-24-27-19-10-6-7-11-21(19)28(24)18-8-4-3-5-9-18/h3-14H,15H2,1-2H3,(H,25,29)(H,26,30). The molecule has 1 heterocycles. The molecule has 0 unspecified atom stereocenters. The maximum Gasteiger partial charge on any atom is 0.234 e. The highest BCUT2D eigenvalue weighted by Crippen LogP contribution is 2.30. The Morgan fingerprint density at radius 3 is 2.50 bits per heavy atom. The average Bonchev–Trinajstić information content (AvgIpc) is 3.16. The van der Waals surface area contributed by atoms with Gasteiger partial charge in [-0.05, 0) is 42.5 Å². The van der Waals surface area contributed by atoms with Crippen LogP contribution in [0.15, 0.2) is 78.0 Å². The van der Waals surface area contributed by atoms with Gasteiger partial charge in [-0.15, -0.1) is 0 Å². The normalized spacial score (nSPS) is 10.7. The van der Waals surface area contributed by atoms with Gasteiger partial charge in [-0.25, -0.2) is 4.98 Å². The lowest BCUT2D eigenvalue weighted by molar-refractivity contribution is -0.114. The number of hydrogen-bond donors (Lipinski definition) is 2. The number of nitrogens with one attached hydrogen (secondary N) is 2. The maximum absolute atomic E-state index is 12.7. The summed E-state index contributed by atoms with van der Waals surface area (Å²) in [7, 11) is 1.53. The second-order valence-electron chi connectivity index (χ2n) is 6.99. The predicted octanol–water partition coefficient (Wildman–Crippen LogP) is 4.72. The summed E-state index contributed by atoms with van der Waals surface area (Å²) in [5, 5.41) is 6.30. The molecular weight excluding hydrogens is 424 g/mol. The number of nitrogens with zero attached hydrogens (tertiary/aromatic N) is 2. The van der Waals surface area contributed by atoms with Gasteiger partial charge in [0.05, 0.1) is 29.6 Å². The highest BCUT2D eigenvalue weighted by Gasteiger charge is 2.15. The second-order valence-corrected chi connectivity index (χ2v) is 7.93. The molecule has 4 rings (SSSR count). The Kier molecular flexibility index (Phi) is 6.42. The second kappa shape index (κ2) is 9.57. The molecule has 0 saturated carbocycles. The zero-order valence-corrected chi connectivity index (χ0v) is 18.5. The summed E-state index contributed by atoms with van der Waals surface area (Å²) in [6.07, 6.45) is 0. The van der Waals surface area contributed by atoms with Crippen molar-refractivity contribution in [2.75, 3.05) is 23.5 Å². The lowest BCUT2D eigenvalue weighted by Crippen LogP contribution is -2.16. The first-order valence-corrected chi connectivity index (χ1v) is 10.9. The van der Waals surface area contributed by atoms with E-state index >= 15 is 0 Å². The Balaban J connectivity index is 1.55. The number of anilines is 2. The van der Waals surface area contributed by atoms with Gasteiger partial charge in [0.2, 0.25) is 11.8 Å². The van der Waals surface area contributed by atoms with Crippen molar-refractivity contribution >= 4 is 46.0 Å². The van der Waals surface area contributed by atoms with Gasteiger partial charge in [0.1, 0.15) is 5.75 Å². The first-order valence-electron chi connectivity index (χ1n) is 9.96. The Morgan fingerprint density at radius 1 is 1.00 bits per heavy atom. The highest BCUT2D eigenvalue weighted by atomic mass is 32.2. The van der Waals surface area contributed by atoms with Crippen LogP contribution in [0, 0.1) is 0 Å². The van der Waals surface area contributed by atoms with Crippen LogP contribution in [0.5, 0.6) is 5.75 Å². The van der Waals surface area contributed by atoms with Crippen molar-refractivity contribution in [1.82, 2.24) is 9.55 Å². The molecule has 2 N–H and O–H groups in total. The number of rotatable bonds is 7. The molecule has 4 aromatic rings. The van der Waals surface area contributed by atoms with E-state index < -0.39 is 0 Å². The molecule has 0 radical (unpaired) electrons. The van der Waals surface area contributed by atoms with Crippen LogP contribution in [0.1, 0.15) is 6.92 Å². The minimum atomic E-state index is -0.208. The van der Waals surface area contributed by atoms with E-state index in [9.17, 15) is 9.59 Å². The smallest absolute Gasteiger partial charge is 0.234 e. The third-order valence-corrected chi connectivity index (χ3v) is 5.61. The van der Waals surface area contributed by atoms with Gasteiger partial charge in [0.15, 0.2) is 5.16 Å². The van der Waals surface area contributed by atoms with Gasteiger partial charge in [0.25, 0.3) is 0 Å². The molecule has 1 aromatic heterocycles. The minimum absolute atomic E-state index is 0.156. The monoisotopic (exact) mass is 446 g/mol. The Morgan fingerprint density at radius 2 is 1.75 bits per heavy atom. The summed E-state index contributed by atoms with van der Waals surface area (Å²) >= 11 is 1.35. The van der Waals surface area contributed by atoms with Gasteiger partial charge < -0.3 is 15.4 Å². The lowest BCUT2D eigenvalue weighted by Gasteiger charge is -2.13. The molecule has 7 nitrogen and oxygen atoms in total. The summed E-state index contributed by atoms with van der Waals surface area (Å²) in [4.78, 5) is 28.8. The third-order valence-electron chi connectivity index (χ3n) is 4.67. The zero-order chi connectivity index (χ0) is 22.5. The van der Waals surface area contributed by atoms with E-state index in [1.165, 1.54) is 25.8 Å². The third kappa shape index (κ3) is 4.76. The average molecular weight is 447 g/mol. The molecule has 0 aliphatic rings. The number of thioether (sulfide) groups is 1. The number of carbonyl (C=O) groups excluding carboxylic acids is 2. The summed E-state index contributed by atoms with van der Waals surface area (Å²) in [6, 6.07) is 22.9. The molecule has 0 spiro atoms. The van der Waals surface area contributed by atoms with E-state index in [0.29, 0.717) is 17.1 Å². The Hall–Kier alpha value is -3.78. The highest BCUT2D eigenvalue weighted by molar-refractivity contribution is 7.99. The van der Waals surface area contributed by atoms with E-state index in [-0.39, 0.29) is 17.6 Å². The molecule has 8 heteroatoms. The number of methoxy groups -OCH3 is 1. The number of imidazole rings is 1. The number of fused-ring (bicyclic) bond motifs is 1. The minimum Gasteiger partial charge on any atom is -0.495 e. The Bertz CT molecular complexity index is 1270. The van der Waals surface area contributed by atoms with Crippen LogP contribution in [-0.2, 0) is 9.59 Å². The fourth-order valence-corrected chi connectivity index (χ4v) is 4.16. The molecule has 0 atom stereocenters. The fraction of sp³-hybridized carbons (Fsp3) is 0.125. The molecule has 32 heavy (non-hydrogen) atoms. The topological polar surface area (TPSA) is 85.2 Å². The fourth-order valence-electron chi connectivity index (χ4n) is 3.33. The van der Waals surface area contributed by atoms with Gasteiger partial charge in [-0.2, -0.15) is 0 Å². The van der Waals surface area contributed by atoms with E-state index in [4.69, 9.17) is 9.72 Å². The summed E-state index contributed by atoms with van der Waals surface area (Å²) < 4.78 is 7.38. The maximum atomic E-state index is 12.7. The molecular formula is C24H22N4O3S. The van der Waals surface area contributed by atoms with Crippen LogP contribution in [0.4, 0.5) is 11.4 Å². The molecule has 0 fully saturated rings. The summed E-state index contributed by atoms with van der Waals surface area (Å²) in [6.45, 7) is 1.43. The largest absolute Gasteiger partial charge is 0.495 e. The molecule has 0 aliphatic carbocycles. The van der Waals surface area contributed by atoms with Crippen molar-refractivity contribution < 1.29 is 14.3 Å². The van der Waals surface area contributed by atoms with E-state index in [2.05, 4.69) is 10.6 Å². The summed E-state index contributed by atoms with van der Waals surface area (Å²) in [5.74, 6) is 0.265. The van der Waals surface area contributed by atoms with Crippen molar-refractivity contribution in [3.63, 3.8) is 0 Å². The van der Waals surface area contributed by atoms with Crippen molar-refractivity contribution in [2.24, 2.45) is 0 Å². The number of para-hydroxylation sites is 3. The molecule has 0 saturated heterocycles. The molecule has 2 amide bonds. The van der Waals surface area contributed by atoms with Crippen molar-refractivity contribution in [3.8, 4) is 11.4 Å². The van der Waals surface area contributed by atoms with Crippen LogP contribution in [-0.4, -0.2) is 34.2 Å². The number of benzene rings is 3. The molecule has 162 valence electrons. The van der Waals surface area contributed by atoms with Crippen LogP contribution in [0.25, 0.3) is 16.7 Å². The van der Waals surface area contributed by atoms with Gasteiger partial charge in [0, 0.05) is 18.3 Å². The lowest BCUT2D eigenvalue weighted by atomic mass is 10.2. The zero-order valence-electron chi connectivity index (χ0n) is 17.7. The van der Waals surface area contributed by atoms with E-state index in [0.717, 1.165) is 21.9 Å². The first-order chi connectivity index (χ1) is 15.5. The quantitative estimate of drug-likeness (QED) is 0.401. The number of ether oxygens (including phenoxy) is 1. The van der Waals surface area contributed by atoms with Crippen LogP contribution < -0.4 is 15.4 Å². The van der Waals surface area contributed by atoms with Crippen molar-refractivity contribution in [2.45, 2.75) is 12.1 Å². The molecule has 0 aliphatic heterocycles. The summed E-state index contributed by atoms with van der Waals surface area (Å²) in [5.41, 5.74) is 3.89. The number of hydrogen-bond acceptors (Lipinski definition) is 5. The van der Waals surface area contributed by atoms with Gasteiger partial charge in [-0.1, -0.05) is 42.1 Å². The Labute approximate surface area is 189 Å². The van der Waals surface area contributed by atoms with Crippen LogP contribution >= 0.6 is 11.8 Å². The molecule has 0 bridgehead atoms. The van der Waals surface area contributed by atoms with Crippen molar-refractivity contribution in [1.29, 1.82) is 0 Å². The van der Waals surface area contributed by atoms with Crippen LogP contribution in [0.3, 0.4) is 0 Å². The number of aromatic nitrogens is 2. The number of carbonyl (C=O) groups is 2. The SMILES string of the molecule is COc1ccc(NC(C)=O)cc1NC(=O)CSc1nc2ccccc2n1-c1ccccc1. The predicted molar refractivity (Wildman–Crippen MR) is 128 cm³/mol. The number of amides is 2. The van der Waals surface area contributed by atoms with Gasteiger partial charge >= 0.3 is 0 Å². The molecule has 3 aromatic carbocycles. The van der Waals surface area contributed by atoms with Gasteiger partial charge in [-0.3, -0.25) is 14.2 Å². The van der Waals surface area contributed by atoms with E-state index in [1.807, 2.05) is 59.2 Å². The van der Waals surface area contributed by atoms with Crippen molar-refractivity contribution in [3.05, 3.63) is 72.8 Å². The van der Waals surface area contributed by atoms with E-state index in [1.54, 1.807) is 18.2 Å². The van der Waals surface area contributed by atoms with Crippen LogP contribution in [0.2, 0.25) is 0 Å². The first kappa shape index (κ1) is 21.5.